The number of nitrogens with one attached hydrogen (secondary N) is 3. The van der Waals surface area contributed by atoms with E-state index in [-0.39, 0.29) is 5.91 Å². The van der Waals surface area contributed by atoms with Gasteiger partial charge in [-0.25, -0.2) is 0 Å². The number of anilines is 2. The minimum absolute atomic E-state index is 0.189. The van der Waals surface area contributed by atoms with E-state index in [0.717, 1.165) is 17.1 Å². The van der Waals surface area contributed by atoms with Crippen molar-refractivity contribution in [1.82, 2.24) is 10.2 Å². The molecule has 0 atom stereocenters. The second kappa shape index (κ2) is 7.51. The highest BCUT2D eigenvalue weighted by Crippen LogP contribution is 2.22. The summed E-state index contributed by atoms with van der Waals surface area (Å²) >= 11 is 0. The summed E-state index contributed by atoms with van der Waals surface area (Å²) in [5, 5.41) is 13.5. The summed E-state index contributed by atoms with van der Waals surface area (Å²) in [7, 11) is 0. The highest BCUT2D eigenvalue weighted by molar-refractivity contribution is 6.02. The van der Waals surface area contributed by atoms with Crippen LogP contribution >= 0.6 is 0 Å². The first-order valence-electron chi connectivity index (χ1n) is 8.85. The Morgan fingerprint density at radius 3 is 2.42 bits per heavy atom. The lowest BCUT2D eigenvalue weighted by atomic mass is 9.95. The third-order valence-electron chi connectivity index (χ3n) is 4.57. The Kier molecular flexibility index (Phi) is 5.18. The molecule has 1 amide bonds. The van der Waals surface area contributed by atoms with Gasteiger partial charge in [0.2, 0.25) is 0 Å². The molecular formula is C19H26N4O. The first-order valence-corrected chi connectivity index (χ1v) is 8.85. The summed E-state index contributed by atoms with van der Waals surface area (Å²) in [4.78, 5) is 12.2. The largest absolute Gasteiger partial charge is 0.382 e. The summed E-state index contributed by atoms with van der Waals surface area (Å²) in [6, 6.07) is 10.3. The lowest BCUT2D eigenvalue weighted by Gasteiger charge is -2.23. The fourth-order valence-electron chi connectivity index (χ4n) is 3.08. The van der Waals surface area contributed by atoms with Crippen molar-refractivity contribution in [2.24, 2.45) is 0 Å². The molecule has 1 fully saturated rings. The van der Waals surface area contributed by atoms with Crippen LogP contribution in [-0.4, -0.2) is 22.1 Å². The van der Waals surface area contributed by atoms with Gasteiger partial charge in [-0.1, -0.05) is 33.1 Å². The fourth-order valence-corrected chi connectivity index (χ4v) is 3.08. The SMILES string of the molecule is CC(C)c1cc(C(=O)Nc2ccc(NC3CCCCC3)cc2)n[nH]1. The Bertz CT molecular complexity index is 669. The molecule has 0 saturated heterocycles. The molecule has 2 aromatic rings. The van der Waals surface area contributed by atoms with Gasteiger partial charge in [-0.05, 0) is 49.1 Å². The number of aromatic nitrogens is 2. The zero-order valence-corrected chi connectivity index (χ0v) is 14.4. The van der Waals surface area contributed by atoms with Gasteiger partial charge in [0.15, 0.2) is 5.69 Å². The van der Waals surface area contributed by atoms with Crippen molar-refractivity contribution in [3.8, 4) is 0 Å². The van der Waals surface area contributed by atoms with E-state index >= 15 is 0 Å². The molecule has 1 aromatic heterocycles. The number of H-pyrrole nitrogens is 1. The number of aromatic amines is 1. The number of amides is 1. The van der Waals surface area contributed by atoms with Crippen LogP contribution < -0.4 is 10.6 Å². The number of nitrogens with zero attached hydrogens (tertiary/aromatic N) is 1. The number of carbonyl (C=O) groups is 1. The van der Waals surface area contributed by atoms with E-state index in [9.17, 15) is 4.79 Å². The lowest BCUT2D eigenvalue weighted by molar-refractivity contribution is 0.102. The molecule has 5 nitrogen and oxygen atoms in total. The summed E-state index contributed by atoms with van der Waals surface area (Å²) in [6.45, 7) is 4.13. The van der Waals surface area contributed by atoms with Crippen LogP contribution in [0.3, 0.4) is 0 Å². The van der Waals surface area contributed by atoms with E-state index < -0.39 is 0 Å². The molecule has 0 aliphatic heterocycles. The Morgan fingerprint density at radius 1 is 1.12 bits per heavy atom. The van der Waals surface area contributed by atoms with E-state index in [1.807, 2.05) is 24.3 Å². The molecule has 5 heteroatoms. The molecule has 0 spiro atoms. The predicted molar refractivity (Wildman–Crippen MR) is 97.6 cm³/mol. The molecule has 1 heterocycles. The lowest BCUT2D eigenvalue weighted by Crippen LogP contribution is -2.22. The van der Waals surface area contributed by atoms with E-state index in [1.54, 1.807) is 6.07 Å². The molecule has 1 saturated carbocycles. The van der Waals surface area contributed by atoms with Gasteiger partial charge in [-0.3, -0.25) is 9.89 Å². The fraction of sp³-hybridized carbons (Fsp3) is 0.474. The highest BCUT2D eigenvalue weighted by atomic mass is 16.1. The molecule has 3 rings (SSSR count). The average Bonchev–Trinajstić information content (AvgIpc) is 3.08. The van der Waals surface area contributed by atoms with Crippen molar-refractivity contribution in [2.45, 2.75) is 57.9 Å². The van der Waals surface area contributed by atoms with Crippen molar-refractivity contribution in [2.75, 3.05) is 10.6 Å². The molecule has 128 valence electrons. The second-order valence-electron chi connectivity index (χ2n) is 6.87. The maximum absolute atomic E-state index is 12.2. The van der Waals surface area contributed by atoms with Gasteiger partial charge in [0, 0.05) is 23.1 Å². The van der Waals surface area contributed by atoms with Gasteiger partial charge >= 0.3 is 0 Å². The van der Waals surface area contributed by atoms with E-state index in [0.29, 0.717) is 17.7 Å². The Morgan fingerprint density at radius 2 is 1.79 bits per heavy atom. The summed E-state index contributed by atoms with van der Waals surface area (Å²) in [5.74, 6) is 0.135. The van der Waals surface area contributed by atoms with Crippen molar-refractivity contribution >= 4 is 17.3 Å². The van der Waals surface area contributed by atoms with Gasteiger partial charge in [0.25, 0.3) is 5.91 Å². The predicted octanol–water partition coefficient (Wildman–Crippen LogP) is 4.53. The smallest absolute Gasteiger partial charge is 0.276 e. The van der Waals surface area contributed by atoms with Crippen LogP contribution in [0.1, 0.15) is 68.1 Å². The monoisotopic (exact) mass is 326 g/mol. The summed E-state index contributed by atoms with van der Waals surface area (Å²) in [5.41, 5.74) is 3.28. The van der Waals surface area contributed by atoms with Crippen molar-refractivity contribution in [1.29, 1.82) is 0 Å². The van der Waals surface area contributed by atoms with Crippen molar-refractivity contribution in [3.63, 3.8) is 0 Å². The summed E-state index contributed by atoms with van der Waals surface area (Å²) in [6.07, 6.45) is 6.47. The van der Waals surface area contributed by atoms with Gasteiger partial charge in [0.1, 0.15) is 0 Å². The van der Waals surface area contributed by atoms with Crippen molar-refractivity contribution < 1.29 is 4.79 Å². The van der Waals surface area contributed by atoms with Gasteiger partial charge < -0.3 is 10.6 Å². The Balaban J connectivity index is 1.57. The van der Waals surface area contributed by atoms with Crippen LogP contribution in [0.15, 0.2) is 30.3 Å². The molecule has 0 radical (unpaired) electrons. The minimum atomic E-state index is -0.189. The Labute approximate surface area is 143 Å². The maximum atomic E-state index is 12.2. The first-order chi connectivity index (χ1) is 11.6. The van der Waals surface area contributed by atoms with Crippen LogP contribution in [0.5, 0.6) is 0 Å². The molecular weight excluding hydrogens is 300 g/mol. The van der Waals surface area contributed by atoms with Gasteiger partial charge in [0.05, 0.1) is 0 Å². The highest BCUT2D eigenvalue weighted by Gasteiger charge is 2.14. The average molecular weight is 326 g/mol. The summed E-state index contributed by atoms with van der Waals surface area (Å²) < 4.78 is 0. The van der Waals surface area contributed by atoms with E-state index in [2.05, 4.69) is 34.7 Å². The standard InChI is InChI=1S/C19H26N4O/c1-13(2)17-12-18(23-22-17)19(24)21-16-10-8-15(9-11-16)20-14-6-4-3-5-7-14/h8-14,20H,3-7H2,1-2H3,(H,21,24)(H,22,23). The van der Waals surface area contributed by atoms with Crippen LogP contribution in [0.4, 0.5) is 11.4 Å². The van der Waals surface area contributed by atoms with Crippen LogP contribution in [0, 0.1) is 0 Å². The quantitative estimate of drug-likeness (QED) is 0.756. The molecule has 24 heavy (non-hydrogen) atoms. The number of rotatable bonds is 5. The zero-order valence-electron chi connectivity index (χ0n) is 14.4. The maximum Gasteiger partial charge on any atom is 0.276 e. The van der Waals surface area contributed by atoms with Gasteiger partial charge in [-0.2, -0.15) is 5.10 Å². The number of benzene rings is 1. The number of carbonyl (C=O) groups excluding carboxylic acids is 1. The van der Waals surface area contributed by atoms with Crippen molar-refractivity contribution in [3.05, 3.63) is 41.7 Å². The van der Waals surface area contributed by atoms with E-state index in [1.165, 1.54) is 32.1 Å². The molecule has 1 aliphatic carbocycles. The minimum Gasteiger partial charge on any atom is -0.382 e. The molecule has 0 unspecified atom stereocenters. The number of hydrogen-bond acceptors (Lipinski definition) is 3. The Hall–Kier alpha value is -2.30. The molecule has 1 aromatic carbocycles. The van der Waals surface area contributed by atoms with Crippen LogP contribution in [-0.2, 0) is 0 Å². The molecule has 0 bridgehead atoms. The zero-order chi connectivity index (χ0) is 16.9. The third-order valence-corrected chi connectivity index (χ3v) is 4.57. The van der Waals surface area contributed by atoms with Crippen LogP contribution in [0.25, 0.3) is 0 Å². The van der Waals surface area contributed by atoms with Gasteiger partial charge in [-0.15, -0.1) is 0 Å². The first kappa shape index (κ1) is 16.6. The second-order valence-corrected chi connectivity index (χ2v) is 6.87. The van der Waals surface area contributed by atoms with Crippen LogP contribution in [0.2, 0.25) is 0 Å². The normalized spacial score (nSPS) is 15.5. The topological polar surface area (TPSA) is 69.8 Å². The van der Waals surface area contributed by atoms with E-state index in [4.69, 9.17) is 0 Å². The third kappa shape index (κ3) is 4.16. The molecule has 1 aliphatic rings. The number of hydrogen-bond donors (Lipinski definition) is 3. The molecule has 3 N–H and O–H groups in total.